The molecule has 92 valence electrons. The van der Waals surface area contributed by atoms with Crippen LogP contribution in [-0.2, 0) is 17.6 Å². The van der Waals surface area contributed by atoms with Crippen molar-refractivity contribution in [3.8, 4) is 0 Å². The van der Waals surface area contributed by atoms with Crippen molar-refractivity contribution in [2.45, 2.75) is 38.4 Å². The summed E-state index contributed by atoms with van der Waals surface area (Å²) in [7, 11) is 0. The molecule has 2 nitrogen and oxygen atoms in total. The highest BCUT2D eigenvalue weighted by Crippen LogP contribution is 2.25. The quantitative estimate of drug-likeness (QED) is 0.792. The van der Waals surface area contributed by atoms with Crippen molar-refractivity contribution < 1.29 is 4.79 Å². The van der Waals surface area contributed by atoms with E-state index in [0.29, 0.717) is 0 Å². The van der Waals surface area contributed by atoms with Crippen molar-refractivity contribution in [2.24, 2.45) is 5.92 Å². The first-order valence-corrected chi connectivity index (χ1v) is 6.70. The van der Waals surface area contributed by atoms with Crippen molar-refractivity contribution in [3.05, 3.63) is 29.3 Å². The van der Waals surface area contributed by atoms with E-state index in [2.05, 4.69) is 30.1 Å². The average molecular weight is 249 g/mol. The van der Waals surface area contributed by atoms with Gasteiger partial charge in [-0.25, -0.2) is 0 Å². The first-order valence-electron chi connectivity index (χ1n) is 6.18. The average Bonchev–Trinajstić information content (AvgIpc) is 2.74. The molecule has 1 amide bonds. The summed E-state index contributed by atoms with van der Waals surface area (Å²) in [5, 5.41) is 2.69. The second kappa shape index (κ2) is 5.13. The summed E-state index contributed by atoms with van der Waals surface area (Å²) in [6, 6.07) is 6.21. The number of thiol groups is 1. The van der Waals surface area contributed by atoms with Crippen LogP contribution in [0.25, 0.3) is 0 Å². The Bertz CT molecular complexity index is 428. The van der Waals surface area contributed by atoms with Crippen LogP contribution in [0.5, 0.6) is 0 Å². The Morgan fingerprint density at radius 3 is 2.71 bits per heavy atom. The maximum absolute atomic E-state index is 11.9. The molecule has 1 atom stereocenters. The largest absolute Gasteiger partial charge is 0.325 e. The van der Waals surface area contributed by atoms with Gasteiger partial charge in [0.05, 0.1) is 5.25 Å². The summed E-state index contributed by atoms with van der Waals surface area (Å²) in [4.78, 5) is 11.9. The van der Waals surface area contributed by atoms with E-state index in [1.165, 1.54) is 24.0 Å². The molecule has 1 N–H and O–H groups in total. The van der Waals surface area contributed by atoms with Crippen LogP contribution in [0.15, 0.2) is 18.2 Å². The maximum Gasteiger partial charge on any atom is 0.237 e. The van der Waals surface area contributed by atoms with E-state index in [9.17, 15) is 4.79 Å². The van der Waals surface area contributed by atoms with E-state index in [-0.39, 0.29) is 17.1 Å². The maximum atomic E-state index is 11.9. The van der Waals surface area contributed by atoms with Gasteiger partial charge in [0.15, 0.2) is 0 Å². The van der Waals surface area contributed by atoms with Gasteiger partial charge in [-0.15, -0.1) is 0 Å². The zero-order valence-corrected chi connectivity index (χ0v) is 11.3. The van der Waals surface area contributed by atoms with Crippen molar-refractivity contribution in [2.75, 3.05) is 5.32 Å². The van der Waals surface area contributed by atoms with E-state index in [1.54, 1.807) is 0 Å². The lowest BCUT2D eigenvalue weighted by Crippen LogP contribution is -2.27. The molecule has 2 rings (SSSR count). The van der Waals surface area contributed by atoms with Crippen LogP contribution in [0.4, 0.5) is 5.69 Å². The fraction of sp³-hybridized carbons (Fsp3) is 0.500. The summed E-state index contributed by atoms with van der Waals surface area (Å²) >= 11 is 4.32. The van der Waals surface area contributed by atoms with E-state index in [0.717, 1.165) is 12.1 Å². The first-order chi connectivity index (χ1) is 8.08. The predicted octanol–water partition coefficient (Wildman–Crippen LogP) is 3.07. The van der Waals surface area contributed by atoms with Crippen LogP contribution in [0.1, 0.15) is 31.4 Å². The topological polar surface area (TPSA) is 29.1 Å². The highest BCUT2D eigenvalue weighted by atomic mass is 32.1. The Labute approximate surface area is 108 Å². The van der Waals surface area contributed by atoms with Crippen molar-refractivity contribution in [1.29, 1.82) is 0 Å². The Hall–Kier alpha value is -0.960. The normalized spacial score (nSPS) is 15.8. The Kier molecular flexibility index (Phi) is 3.77. The summed E-state index contributed by atoms with van der Waals surface area (Å²) < 4.78 is 0. The van der Waals surface area contributed by atoms with Crippen LogP contribution in [0.3, 0.4) is 0 Å². The van der Waals surface area contributed by atoms with Crippen LogP contribution >= 0.6 is 12.6 Å². The van der Waals surface area contributed by atoms with Crippen LogP contribution in [0, 0.1) is 5.92 Å². The molecular weight excluding hydrogens is 230 g/mol. The van der Waals surface area contributed by atoms with Gasteiger partial charge in [-0.1, -0.05) is 19.9 Å². The van der Waals surface area contributed by atoms with Crippen molar-refractivity contribution >= 4 is 24.2 Å². The second-order valence-electron chi connectivity index (χ2n) is 5.02. The molecule has 17 heavy (non-hydrogen) atoms. The number of aryl methyl sites for hydroxylation is 2. The molecule has 1 aliphatic rings. The standard InChI is InChI=1S/C14H19NOS/c1-9(2)13(17)14(16)15-12-7-6-10-4-3-5-11(10)8-12/h6-9,13,17H,3-5H2,1-2H3,(H,15,16). The van der Waals surface area contributed by atoms with Gasteiger partial charge < -0.3 is 5.32 Å². The molecule has 1 unspecified atom stereocenters. The number of amides is 1. The smallest absolute Gasteiger partial charge is 0.237 e. The molecule has 1 aromatic rings. The van der Waals surface area contributed by atoms with Crippen LogP contribution in [-0.4, -0.2) is 11.2 Å². The second-order valence-corrected chi connectivity index (χ2v) is 5.57. The Morgan fingerprint density at radius 2 is 2.00 bits per heavy atom. The number of hydrogen-bond acceptors (Lipinski definition) is 2. The lowest BCUT2D eigenvalue weighted by atomic mass is 10.1. The lowest BCUT2D eigenvalue weighted by Gasteiger charge is -2.15. The minimum Gasteiger partial charge on any atom is -0.325 e. The third-order valence-electron chi connectivity index (χ3n) is 3.27. The number of anilines is 1. The molecular formula is C14H19NOS. The first kappa shape index (κ1) is 12.5. The minimum atomic E-state index is -0.247. The van der Waals surface area contributed by atoms with Gasteiger partial charge >= 0.3 is 0 Å². The molecule has 0 bridgehead atoms. The number of hydrogen-bond donors (Lipinski definition) is 2. The molecule has 0 heterocycles. The number of benzene rings is 1. The van der Waals surface area contributed by atoms with Gasteiger partial charge in [0.1, 0.15) is 0 Å². The third-order valence-corrected chi connectivity index (χ3v) is 4.10. The molecule has 0 saturated heterocycles. The SMILES string of the molecule is CC(C)C(S)C(=O)Nc1ccc2c(c1)CCC2. The van der Waals surface area contributed by atoms with Gasteiger partial charge in [0.25, 0.3) is 0 Å². The fourth-order valence-electron chi connectivity index (χ4n) is 2.17. The monoisotopic (exact) mass is 249 g/mol. The molecule has 0 saturated carbocycles. The summed E-state index contributed by atoms with van der Waals surface area (Å²) in [6.07, 6.45) is 3.53. The van der Waals surface area contributed by atoms with Gasteiger partial charge in [0.2, 0.25) is 5.91 Å². The molecule has 3 heteroatoms. The zero-order chi connectivity index (χ0) is 12.4. The van der Waals surface area contributed by atoms with E-state index in [1.807, 2.05) is 19.9 Å². The number of nitrogens with one attached hydrogen (secondary N) is 1. The fourth-order valence-corrected chi connectivity index (χ4v) is 2.23. The summed E-state index contributed by atoms with van der Waals surface area (Å²) in [5.74, 6) is 0.231. The number of carbonyl (C=O) groups excluding carboxylic acids is 1. The number of fused-ring (bicyclic) bond motifs is 1. The zero-order valence-electron chi connectivity index (χ0n) is 10.4. The summed E-state index contributed by atoms with van der Waals surface area (Å²) in [5.41, 5.74) is 3.70. The molecule has 0 fully saturated rings. The van der Waals surface area contributed by atoms with Gasteiger partial charge in [-0.05, 0) is 48.4 Å². The molecule has 0 aromatic heterocycles. The number of carbonyl (C=O) groups is 1. The molecule has 0 spiro atoms. The minimum absolute atomic E-state index is 0.0127. The molecule has 1 aliphatic carbocycles. The van der Waals surface area contributed by atoms with Crippen LogP contribution in [0.2, 0.25) is 0 Å². The summed E-state index contributed by atoms with van der Waals surface area (Å²) in [6.45, 7) is 4.00. The lowest BCUT2D eigenvalue weighted by molar-refractivity contribution is -0.116. The van der Waals surface area contributed by atoms with E-state index < -0.39 is 0 Å². The van der Waals surface area contributed by atoms with E-state index in [4.69, 9.17) is 0 Å². The van der Waals surface area contributed by atoms with Crippen molar-refractivity contribution in [3.63, 3.8) is 0 Å². The Balaban J connectivity index is 2.07. The molecule has 0 aliphatic heterocycles. The number of rotatable bonds is 3. The molecule has 1 aromatic carbocycles. The van der Waals surface area contributed by atoms with Gasteiger partial charge in [-0.2, -0.15) is 12.6 Å². The highest BCUT2D eigenvalue weighted by molar-refractivity contribution is 7.81. The Morgan fingerprint density at radius 1 is 1.29 bits per heavy atom. The highest BCUT2D eigenvalue weighted by Gasteiger charge is 2.18. The van der Waals surface area contributed by atoms with Crippen molar-refractivity contribution in [1.82, 2.24) is 0 Å². The van der Waals surface area contributed by atoms with Gasteiger partial charge in [-0.3, -0.25) is 4.79 Å². The molecule has 0 radical (unpaired) electrons. The third kappa shape index (κ3) is 2.83. The van der Waals surface area contributed by atoms with Gasteiger partial charge in [0, 0.05) is 5.69 Å². The van der Waals surface area contributed by atoms with Crippen LogP contribution < -0.4 is 5.32 Å². The van der Waals surface area contributed by atoms with E-state index >= 15 is 0 Å². The predicted molar refractivity (Wildman–Crippen MR) is 74.7 cm³/mol.